The Morgan fingerprint density at radius 2 is 1.60 bits per heavy atom. The van der Waals surface area contributed by atoms with Crippen LogP contribution < -0.4 is 0 Å². The molecule has 0 aromatic carbocycles. The van der Waals surface area contributed by atoms with Crippen LogP contribution in [0.1, 0.15) is 105 Å². The Labute approximate surface area is 339 Å². The number of hydrogen-bond acceptors (Lipinski definition) is 12. The van der Waals surface area contributed by atoms with Crippen molar-refractivity contribution in [1.29, 1.82) is 0 Å². The maximum Gasteiger partial charge on any atom is 0.329 e. The van der Waals surface area contributed by atoms with Gasteiger partial charge in [-0.05, 0) is 95.5 Å². The molecule has 3 N–H and O–H groups in total. The average molecular weight is 804 g/mol. The third-order valence-corrected chi connectivity index (χ3v) is 12.9. The molecule has 3 heterocycles. The van der Waals surface area contributed by atoms with Crippen molar-refractivity contribution in [3.63, 3.8) is 0 Å². The lowest BCUT2D eigenvalue weighted by molar-refractivity contribution is -0.302. The number of fused-ring (bicyclic) bond motifs is 3. The molecule has 0 spiro atoms. The van der Waals surface area contributed by atoms with Crippen molar-refractivity contribution in [2.24, 2.45) is 29.6 Å². The number of ketones is 2. The van der Waals surface area contributed by atoms with Crippen LogP contribution in [0.5, 0.6) is 0 Å². The molecule has 0 aromatic rings. The molecule has 3 fully saturated rings. The van der Waals surface area contributed by atoms with Gasteiger partial charge in [0.2, 0.25) is 5.79 Å². The normalized spacial score (nSPS) is 41.0. The molecule has 4 rings (SSSR count). The van der Waals surface area contributed by atoms with Crippen molar-refractivity contribution >= 4 is 23.4 Å². The molecule has 1 aliphatic carbocycles. The van der Waals surface area contributed by atoms with Crippen molar-refractivity contribution in [2.45, 2.75) is 160 Å². The van der Waals surface area contributed by atoms with Gasteiger partial charge in [-0.25, -0.2) is 4.79 Å². The third-order valence-electron chi connectivity index (χ3n) is 12.9. The van der Waals surface area contributed by atoms with Crippen LogP contribution in [0.3, 0.4) is 0 Å². The SMILES string of the molecule is C=CC[C@@H]1/C=C(\C)C[C@H](C)C[C@H](OC)[C@H]2O[C@@](O)(C(=O)C(=O)N3CCCCC3C(=O)O[C@H](/C(C)=C/[C@@H]3CC[C@@H](O)[C@H](OC)C3)[C@@H](C)[C@@H](O)CC1=O)[C@H](C)C[C@@H]2OC. The first-order valence-electron chi connectivity index (χ1n) is 20.9. The number of allylic oxidation sites excluding steroid dienone is 4. The summed E-state index contributed by atoms with van der Waals surface area (Å²) in [5.74, 6) is -7.76. The number of cyclic esters (lactones) is 1. The summed E-state index contributed by atoms with van der Waals surface area (Å²) in [4.78, 5) is 57.8. The average Bonchev–Trinajstić information content (AvgIpc) is 3.18. The van der Waals surface area contributed by atoms with Crippen molar-refractivity contribution in [3.8, 4) is 0 Å². The zero-order valence-corrected chi connectivity index (χ0v) is 35.4. The highest BCUT2D eigenvalue weighted by atomic mass is 16.7. The predicted octanol–water partition coefficient (Wildman–Crippen LogP) is 4.64. The molecule has 1 amide bonds. The van der Waals surface area contributed by atoms with Crippen LogP contribution in [-0.2, 0) is 42.9 Å². The Morgan fingerprint density at radius 1 is 0.930 bits per heavy atom. The Hall–Kier alpha value is -2.78. The van der Waals surface area contributed by atoms with E-state index in [0.717, 1.165) is 5.57 Å². The summed E-state index contributed by atoms with van der Waals surface area (Å²) in [6.07, 6.45) is 4.93. The zero-order chi connectivity index (χ0) is 42.2. The lowest BCUT2D eigenvalue weighted by atomic mass is 9.81. The van der Waals surface area contributed by atoms with E-state index in [1.165, 1.54) is 19.1 Å². The van der Waals surface area contributed by atoms with Crippen molar-refractivity contribution in [3.05, 3.63) is 36.0 Å². The fourth-order valence-electron chi connectivity index (χ4n) is 9.42. The Kier molecular flexibility index (Phi) is 17.2. The minimum absolute atomic E-state index is 0.00988. The van der Waals surface area contributed by atoms with Gasteiger partial charge >= 0.3 is 5.97 Å². The largest absolute Gasteiger partial charge is 0.456 e. The molecule has 0 radical (unpaired) electrons. The molecule has 14 atom stereocenters. The number of ether oxygens (including phenoxy) is 5. The number of hydrogen-bond donors (Lipinski definition) is 3. The van der Waals surface area contributed by atoms with Crippen LogP contribution >= 0.6 is 0 Å². The van der Waals surface area contributed by atoms with E-state index in [1.807, 2.05) is 32.9 Å². The summed E-state index contributed by atoms with van der Waals surface area (Å²) >= 11 is 0. The van der Waals surface area contributed by atoms with Crippen LogP contribution in [0.15, 0.2) is 36.0 Å². The summed E-state index contributed by atoms with van der Waals surface area (Å²) in [6, 6.07) is -1.14. The maximum absolute atomic E-state index is 14.3. The Morgan fingerprint density at radius 3 is 2.25 bits per heavy atom. The molecular formula is C44H69NO12. The van der Waals surface area contributed by atoms with E-state index >= 15 is 0 Å². The standard InChI is InChI=1S/C44H69NO12/c1-10-13-31-19-25(2)18-26(3)20-37(54-8)40-38(55-9)22-28(5)44(52,57-40)41(49)42(50)45-17-12-11-14-32(45)43(51)56-39(29(6)34(47)24-35(31)48)27(4)21-30-15-16-33(46)36(23-30)53-7/h10,19,21,26,28-34,36-40,46-47,52H,1,11-18,20,22-24H2,2-9H3/b25-19+,27-21+/t26-,28+,29-,30-,31+,32?,33+,34-,36+,37-,38-,39+,40+,44+/m0/s1. The number of rotatable bonds is 7. The quantitative estimate of drug-likeness (QED) is 0.185. The Bertz CT molecular complexity index is 1480. The summed E-state index contributed by atoms with van der Waals surface area (Å²) in [6.45, 7) is 13.1. The fraction of sp³-hybridized carbons (Fsp3) is 0.773. The highest BCUT2D eigenvalue weighted by molar-refractivity contribution is 6.39. The third kappa shape index (κ3) is 11.3. The van der Waals surface area contributed by atoms with Crippen molar-refractivity contribution < 1.29 is 58.2 Å². The first-order chi connectivity index (χ1) is 27.0. The second-order valence-corrected chi connectivity index (χ2v) is 17.3. The van der Waals surface area contributed by atoms with Crippen molar-refractivity contribution in [1.82, 2.24) is 4.90 Å². The summed E-state index contributed by atoms with van der Waals surface area (Å²) in [7, 11) is 4.61. The van der Waals surface area contributed by atoms with Gasteiger partial charge < -0.3 is 43.9 Å². The first kappa shape index (κ1) is 46.9. The molecule has 13 heteroatoms. The van der Waals surface area contributed by atoms with Crippen LogP contribution in [0, 0.1) is 29.6 Å². The number of esters is 1. The Balaban J connectivity index is 1.78. The van der Waals surface area contributed by atoms with E-state index in [0.29, 0.717) is 56.9 Å². The topological polar surface area (TPSA) is 178 Å². The van der Waals surface area contributed by atoms with E-state index < -0.39 is 83.9 Å². The molecule has 2 bridgehead atoms. The molecule has 13 nitrogen and oxygen atoms in total. The number of carbonyl (C=O) groups excluding carboxylic acids is 4. The first-order valence-corrected chi connectivity index (χ1v) is 20.9. The number of carbonyl (C=O) groups is 4. The monoisotopic (exact) mass is 803 g/mol. The van der Waals surface area contributed by atoms with E-state index in [-0.39, 0.29) is 49.5 Å². The number of aliphatic hydroxyl groups excluding tert-OH is 2. The number of methoxy groups -OCH3 is 3. The zero-order valence-electron chi connectivity index (χ0n) is 35.4. The van der Waals surface area contributed by atoms with Crippen LogP contribution in [0.4, 0.5) is 0 Å². The minimum atomic E-state index is -2.51. The number of amides is 1. The van der Waals surface area contributed by atoms with Crippen molar-refractivity contribution in [2.75, 3.05) is 27.9 Å². The van der Waals surface area contributed by atoms with E-state index in [4.69, 9.17) is 23.7 Å². The summed E-state index contributed by atoms with van der Waals surface area (Å²) in [5, 5.41) is 34.1. The molecule has 1 unspecified atom stereocenters. The minimum Gasteiger partial charge on any atom is -0.456 e. The van der Waals surface area contributed by atoms with Gasteiger partial charge in [-0.15, -0.1) is 6.58 Å². The summed E-state index contributed by atoms with van der Waals surface area (Å²) in [5.41, 5.74) is 1.61. The van der Waals surface area contributed by atoms with Gasteiger partial charge in [-0.2, -0.15) is 0 Å². The van der Waals surface area contributed by atoms with Crippen LogP contribution in [-0.4, -0.2) is 126 Å². The molecule has 322 valence electrons. The van der Waals surface area contributed by atoms with E-state index in [9.17, 15) is 34.5 Å². The van der Waals surface area contributed by atoms with E-state index in [1.54, 1.807) is 27.0 Å². The van der Waals surface area contributed by atoms with Gasteiger partial charge in [-0.3, -0.25) is 14.4 Å². The molecule has 2 saturated heterocycles. The maximum atomic E-state index is 14.3. The molecular weight excluding hydrogens is 734 g/mol. The lowest BCUT2D eigenvalue weighted by Gasteiger charge is -2.47. The van der Waals surface area contributed by atoms with Gasteiger partial charge in [0, 0.05) is 52.0 Å². The summed E-state index contributed by atoms with van der Waals surface area (Å²) < 4.78 is 29.7. The molecule has 57 heavy (non-hydrogen) atoms. The van der Waals surface area contributed by atoms with Gasteiger partial charge in [0.1, 0.15) is 24.0 Å². The number of Topliss-reactive ketones (excluding diaryl/α,β-unsaturated/α-hetero) is 2. The fourth-order valence-corrected chi connectivity index (χ4v) is 9.42. The number of aliphatic hydroxyl groups is 3. The van der Waals surface area contributed by atoms with Gasteiger partial charge in [0.05, 0.1) is 30.5 Å². The molecule has 4 aliphatic rings. The van der Waals surface area contributed by atoms with Crippen LogP contribution in [0.25, 0.3) is 0 Å². The predicted molar refractivity (Wildman–Crippen MR) is 213 cm³/mol. The van der Waals surface area contributed by atoms with Gasteiger partial charge in [0.15, 0.2) is 0 Å². The van der Waals surface area contributed by atoms with E-state index in [2.05, 4.69) is 6.58 Å². The highest BCUT2D eigenvalue weighted by Gasteiger charge is 2.56. The second-order valence-electron chi connectivity index (χ2n) is 17.3. The smallest absolute Gasteiger partial charge is 0.329 e. The van der Waals surface area contributed by atoms with Crippen LogP contribution in [0.2, 0.25) is 0 Å². The lowest BCUT2D eigenvalue weighted by Crippen LogP contribution is -2.64. The molecule has 0 aromatic heterocycles. The molecule has 1 saturated carbocycles. The van der Waals surface area contributed by atoms with Gasteiger partial charge in [0.25, 0.3) is 11.7 Å². The van der Waals surface area contributed by atoms with Gasteiger partial charge in [-0.1, -0.05) is 44.6 Å². The number of piperidine rings is 1. The number of nitrogens with zero attached hydrogens (tertiary/aromatic N) is 1. The highest BCUT2D eigenvalue weighted by Crippen LogP contribution is 2.39. The molecule has 3 aliphatic heterocycles. The second kappa shape index (κ2) is 21.0.